The fourth-order valence-corrected chi connectivity index (χ4v) is 1.46. The van der Waals surface area contributed by atoms with Crippen LogP contribution >= 0.6 is 0 Å². The highest BCUT2D eigenvalue weighted by molar-refractivity contribution is 5.87. The number of nitrogens with zero attached hydrogens (tertiary/aromatic N) is 1. The van der Waals surface area contributed by atoms with E-state index in [1.165, 1.54) is 13.2 Å². The summed E-state index contributed by atoms with van der Waals surface area (Å²) in [5.41, 5.74) is 0.749. The van der Waals surface area contributed by atoms with Gasteiger partial charge in [0.15, 0.2) is 18.1 Å². The Morgan fingerprint density at radius 2 is 2.15 bits per heavy atom. The second kappa shape index (κ2) is 7.85. The third kappa shape index (κ3) is 5.02. The number of hydrogen-bond acceptors (Lipinski definition) is 5. The van der Waals surface area contributed by atoms with Gasteiger partial charge >= 0.3 is 5.97 Å². The average Bonchev–Trinajstić information content (AvgIpc) is 2.42. The second-order valence-corrected chi connectivity index (χ2v) is 4.18. The lowest BCUT2D eigenvalue weighted by atomic mass is 10.2. The normalized spacial score (nSPS) is 10.3. The largest absolute Gasteiger partial charge is 0.493 e. The van der Waals surface area contributed by atoms with Crippen LogP contribution in [0.5, 0.6) is 11.5 Å². The lowest BCUT2D eigenvalue weighted by molar-refractivity contribution is -0.141. The molecule has 0 fully saturated rings. The van der Waals surface area contributed by atoms with Gasteiger partial charge in [0, 0.05) is 6.08 Å². The summed E-state index contributed by atoms with van der Waals surface area (Å²) in [6.07, 6.45) is 2.80. The van der Waals surface area contributed by atoms with Gasteiger partial charge in [-0.2, -0.15) is 5.26 Å². The minimum absolute atomic E-state index is 0.0705. The number of methoxy groups -OCH3 is 1. The fourth-order valence-electron chi connectivity index (χ4n) is 1.46. The summed E-state index contributed by atoms with van der Waals surface area (Å²) in [5.74, 6) is 0.575. The van der Waals surface area contributed by atoms with Crippen LogP contribution in [-0.2, 0) is 9.53 Å². The van der Waals surface area contributed by atoms with E-state index in [-0.39, 0.29) is 12.7 Å². The molecule has 1 rings (SSSR count). The van der Waals surface area contributed by atoms with Crippen LogP contribution in [0.15, 0.2) is 24.3 Å². The number of carbonyl (C=O) groups is 1. The van der Waals surface area contributed by atoms with E-state index in [1.807, 2.05) is 6.07 Å². The Morgan fingerprint density at radius 1 is 1.40 bits per heavy atom. The lowest BCUT2D eigenvalue weighted by Gasteiger charge is -2.09. The maximum atomic E-state index is 11.4. The SMILES string of the molecule is COc1ccc(/C=C/C(=O)OC(C)C)cc1OCC#N. The molecule has 0 bridgehead atoms. The smallest absolute Gasteiger partial charge is 0.331 e. The molecule has 5 nitrogen and oxygen atoms in total. The summed E-state index contributed by atoms with van der Waals surface area (Å²) in [5, 5.41) is 8.53. The molecule has 0 spiro atoms. The van der Waals surface area contributed by atoms with Gasteiger partial charge in [0.25, 0.3) is 0 Å². The molecule has 0 amide bonds. The molecule has 0 radical (unpaired) electrons. The summed E-state index contributed by atoms with van der Waals surface area (Å²) in [6, 6.07) is 7.06. The number of esters is 1. The maximum Gasteiger partial charge on any atom is 0.331 e. The molecule has 0 aliphatic heterocycles. The van der Waals surface area contributed by atoms with E-state index >= 15 is 0 Å². The summed E-state index contributed by atoms with van der Waals surface area (Å²) in [7, 11) is 1.52. The van der Waals surface area contributed by atoms with Crippen LogP contribution < -0.4 is 9.47 Å². The highest BCUT2D eigenvalue weighted by atomic mass is 16.5. The Labute approximate surface area is 118 Å². The summed E-state index contributed by atoms with van der Waals surface area (Å²) in [6.45, 7) is 3.50. The fraction of sp³-hybridized carbons (Fsp3) is 0.333. The number of carbonyl (C=O) groups excluding carboxylic acids is 1. The van der Waals surface area contributed by atoms with Gasteiger partial charge in [-0.3, -0.25) is 0 Å². The lowest BCUT2D eigenvalue weighted by Crippen LogP contribution is -2.08. The molecule has 0 atom stereocenters. The van der Waals surface area contributed by atoms with E-state index < -0.39 is 5.97 Å². The van der Waals surface area contributed by atoms with Crippen LogP contribution in [0.3, 0.4) is 0 Å². The van der Waals surface area contributed by atoms with Gasteiger partial charge in [0.05, 0.1) is 13.2 Å². The third-order valence-electron chi connectivity index (χ3n) is 2.24. The molecule has 1 aromatic carbocycles. The number of nitriles is 1. The van der Waals surface area contributed by atoms with Gasteiger partial charge < -0.3 is 14.2 Å². The molecule has 1 aromatic rings. The molecule has 0 N–H and O–H groups in total. The van der Waals surface area contributed by atoms with E-state index in [0.717, 1.165) is 5.56 Å². The average molecular weight is 275 g/mol. The first-order valence-electron chi connectivity index (χ1n) is 6.13. The number of hydrogen-bond donors (Lipinski definition) is 0. The van der Waals surface area contributed by atoms with Crippen molar-refractivity contribution in [3.63, 3.8) is 0 Å². The van der Waals surface area contributed by atoms with Gasteiger partial charge in [-0.05, 0) is 37.6 Å². The second-order valence-electron chi connectivity index (χ2n) is 4.18. The first-order valence-corrected chi connectivity index (χ1v) is 6.13. The molecule has 0 saturated heterocycles. The Morgan fingerprint density at radius 3 is 2.75 bits per heavy atom. The van der Waals surface area contributed by atoms with Crippen LogP contribution in [0.1, 0.15) is 19.4 Å². The zero-order valence-corrected chi connectivity index (χ0v) is 11.8. The van der Waals surface area contributed by atoms with Gasteiger partial charge in [0.2, 0.25) is 0 Å². The zero-order chi connectivity index (χ0) is 15.0. The predicted molar refractivity (Wildman–Crippen MR) is 74.4 cm³/mol. The van der Waals surface area contributed by atoms with Crippen molar-refractivity contribution in [1.29, 1.82) is 5.26 Å². The van der Waals surface area contributed by atoms with Crippen molar-refractivity contribution < 1.29 is 19.0 Å². The van der Waals surface area contributed by atoms with E-state index in [2.05, 4.69) is 0 Å². The van der Waals surface area contributed by atoms with Crippen molar-refractivity contribution in [2.24, 2.45) is 0 Å². The molecule has 20 heavy (non-hydrogen) atoms. The topological polar surface area (TPSA) is 68.6 Å². The molecule has 106 valence electrons. The molecule has 0 unspecified atom stereocenters. The third-order valence-corrected chi connectivity index (χ3v) is 2.24. The molecule has 0 heterocycles. The van der Waals surface area contributed by atoms with Crippen LogP contribution in [0, 0.1) is 11.3 Å². The van der Waals surface area contributed by atoms with Gasteiger partial charge in [-0.15, -0.1) is 0 Å². The number of benzene rings is 1. The monoisotopic (exact) mass is 275 g/mol. The summed E-state index contributed by atoms with van der Waals surface area (Å²) in [4.78, 5) is 11.4. The standard InChI is InChI=1S/C15H17NO4/c1-11(2)20-15(17)7-5-12-4-6-13(18-3)14(10-12)19-9-8-16/h4-7,10-11H,9H2,1-3H3/b7-5+. The minimum atomic E-state index is -0.407. The van der Waals surface area contributed by atoms with Crippen molar-refractivity contribution >= 4 is 12.0 Å². The van der Waals surface area contributed by atoms with E-state index in [1.54, 1.807) is 38.1 Å². The predicted octanol–water partition coefficient (Wildman–Crippen LogP) is 2.56. The minimum Gasteiger partial charge on any atom is -0.493 e. The van der Waals surface area contributed by atoms with Crippen molar-refractivity contribution in [3.8, 4) is 17.6 Å². The number of ether oxygens (including phenoxy) is 3. The number of rotatable bonds is 6. The molecule has 0 aromatic heterocycles. The van der Waals surface area contributed by atoms with Crippen LogP contribution in [-0.4, -0.2) is 25.8 Å². The summed E-state index contributed by atoms with van der Waals surface area (Å²) < 4.78 is 15.4. The summed E-state index contributed by atoms with van der Waals surface area (Å²) >= 11 is 0. The van der Waals surface area contributed by atoms with Crippen molar-refractivity contribution in [2.75, 3.05) is 13.7 Å². The van der Waals surface area contributed by atoms with Crippen molar-refractivity contribution in [1.82, 2.24) is 0 Å². The first-order chi connectivity index (χ1) is 9.56. The van der Waals surface area contributed by atoms with E-state index in [9.17, 15) is 4.79 Å². The van der Waals surface area contributed by atoms with Crippen molar-refractivity contribution in [2.45, 2.75) is 20.0 Å². The van der Waals surface area contributed by atoms with Crippen LogP contribution in [0.4, 0.5) is 0 Å². The van der Waals surface area contributed by atoms with E-state index in [4.69, 9.17) is 19.5 Å². The molecule has 0 aliphatic carbocycles. The first kappa shape index (κ1) is 15.6. The molecular formula is C15H17NO4. The van der Waals surface area contributed by atoms with Crippen molar-refractivity contribution in [3.05, 3.63) is 29.8 Å². The van der Waals surface area contributed by atoms with Crippen LogP contribution in [0.25, 0.3) is 6.08 Å². The van der Waals surface area contributed by atoms with Gasteiger partial charge in [0.1, 0.15) is 6.07 Å². The zero-order valence-electron chi connectivity index (χ0n) is 11.8. The Hall–Kier alpha value is -2.48. The van der Waals surface area contributed by atoms with Gasteiger partial charge in [-0.1, -0.05) is 6.07 Å². The Balaban J connectivity index is 2.83. The Kier molecular flexibility index (Phi) is 6.11. The molecular weight excluding hydrogens is 258 g/mol. The highest BCUT2D eigenvalue weighted by Crippen LogP contribution is 2.28. The van der Waals surface area contributed by atoms with Gasteiger partial charge in [-0.25, -0.2) is 4.79 Å². The maximum absolute atomic E-state index is 11.4. The Bertz CT molecular complexity index is 529. The molecule has 5 heteroatoms. The van der Waals surface area contributed by atoms with E-state index in [0.29, 0.717) is 11.5 Å². The highest BCUT2D eigenvalue weighted by Gasteiger charge is 2.05. The molecule has 0 aliphatic rings. The molecule has 0 saturated carbocycles. The quantitative estimate of drug-likeness (QED) is 0.589. The van der Waals surface area contributed by atoms with Crippen LogP contribution in [0.2, 0.25) is 0 Å².